The van der Waals surface area contributed by atoms with Crippen LogP contribution in [-0.2, 0) is 16.8 Å². The Bertz CT molecular complexity index is 1000. The highest BCUT2D eigenvalue weighted by atomic mass is 16.5. The van der Waals surface area contributed by atoms with Gasteiger partial charge >= 0.3 is 0 Å². The summed E-state index contributed by atoms with van der Waals surface area (Å²) in [6, 6.07) is 12.2. The summed E-state index contributed by atoms with van der Waals surface area (Å²) in [6.07, 6.45) is 3.14. The predicted molar refractivity (Wildman–Crippen MR) is 114 cm³/mol. The molecule has 0 saturated carbocycles. The number of aryl methyl sites for hydroxylation is 1. The minimum atomic E-state index is -0.903. The molecule has 0 bridgehead atoms. The SMILES string of the molecule is CCc1cc(N2CC[C@](O)(c3ccccc3)[C@H](N3CCOCC3)C2)c2nncn2n1. The molecule has 0 aliphatic carbocycles. The summed E-state index contributed by atoms with van der Waals surface area (Å²) in [6.45, 7) is 6.59. The second kappa shape index (κ2) is 7.94. The molecule has 158 valence electrons. The molecule has 8 nitrogen and oxygen atoms in total. The summed E-state index contributed by atoms with van der Waals surface area (Å²) >= 11 is 0. The zero-order valence-electron chi connectivity index (χ0n) is 17.3. The van der Waals surface area contributed by atoms with Crippen LogP contribution < -0.4 is 4.90 Å². The Morgan fingerprint density at radius 1 is 1.17 bits per heavy atom. The monoisotopic (exact) mass is 408 g/mol. The van der Waals surface area contributed by atoms with Crippen LogP contribution in [0.3, 0.4) is 0 Å². The molecule has 2 aliphatic heterocycles. The van der Waals surface area contributed by atoms with E-state index in [1.807, 2.05) is 30.3 Å². The van der Waals surface area contributed by atoms with Crippen LogP contribution in [0.25, 0.3) is 5.65 Å². The smallest absolute Gasteiger partial charge is 0.200 e. The van der Waals surface area contributed by atoms with Gasteiger partial charge in [0.15, 0.2) is 0 Å². The standard InChI is InChI=1S/C22H28N6O2/c1-2-18-14-19(21-24-23-16-28(21)25-18)27-9-8-22(29,17-6-4-3-5-7-17)20(15-27)26-10-12-30-13-11-26/h3-7,14,16,20,29H,2,8-13,15H2,1H3/t20-,22+/m1/s1. The predicted octanol–water partition coefficient (Wildman–Crippen LogP) is 1.49. The first-order valence-electron chi connectivity index (χ1n) is 10.7. The third kappa shape index (κ3) is 3.34. The van der Waals surface area contributed by atoms with E-state index in [0.29, 0.717) is 26.2 Å². The maximum atomic E-state index is 11.9. The molecule has 5 rings (SSSR count). The summed E-state index contributed by atoms with van der Waals surface area (Å²) < 4.78 is 7.35. The highest BCUT2D eigenvalue weighted by Gasteiger charge is 2.46. The number of hydrogen-bond acceptors (Lipinski definition) is 7. The number of ether oxygens (including phenoxy) is 1. The van der Waals surface area contributed by atoms with Gasteiger partial charge in [0.25, 0.3) is 0 Å². The number of piperidine rings is 1. The lowest BCUT2D eigenvalue weighted by Gasteiger charge is -2.50. The van der Waals surface area contributed by atoms with Crippen molar-refractivity contribution < 1.29 is 9.84 Å². The fourth-order valence-corrected chi connectivity index (χ4v) is 4.78. The topological polar surface area (TPSA) is 79.0 Å². The van der Waals surface area contributed by atoms with Gasteiger partial charge in [0.05, 0.1) is 30.6 Å². The van der Waals surface area contributed by atoms with E-state index in [-0.39, 0.29) is 6.04 Å². The molecule has 2 saturated heterocycles. The molecule has 2 fully saturated rings. The van der Waals surface area contributed by atoms with Crippen LogP contribution in [0.15, 0.2) is 42.7 Å². The number of anilines is 1. The molecule has 4 heterocycles. The maximum Gasteiger partial charge on any atom is 0.200 e. The molecule has 8 heteroatoms. The van der Waals surface area contributed by atoms with Gasteiger partial charge in [-0.15, -0.1) is 10.2 Å². The van der Waals surface area contributed by atoms with E-state index >= 15 is 0 Å². The van der Waals surface area contributed by atoms with E-state index in [2.05, 4.69) is 38.1 Å². The van der Waals surface area contributed by atoms with Crippen LogP contribution in [0.4, 0.5) is 5.69 Å². The fraction of sp³-hybridized carbons (Fsp3) is 0.500. The number of rotatable bonds is 4. The third-order valence-corrected chi connectivity index (χ3v) is 6.47. The van der Waals surface area contributed by atoms with E-state index in [4.69, 9.17) is 4.74 Å². The van der Waals surface area contributed by atoms with Crippen molar-refractivity contribution in [3.63, 3.8) is 0 Å². The van der Waals surface area contributed by atoms with Crippen LogP contribution in [0, 0.1) is 0 Å². The number of nitrogens with zero attached hydrogens (tertiary/aromatic N) is 6. The Balaban J connectivity index is 1.53. The van der Waals surface area contributed by atoms with Crippen LogP contribution in [0.1, 0.15) is 24.6 Å². The molecule has 2 aromatic heterocycles. The summed E-state index contributed by atoms with van der Waals surface area (Å²) in [7, 11) is 0. The number of hydrogen-bond donors (Lipinski definition) is 1. The average molecular weight is 409 g/mol. The molecule has 1 aromatic carbocycles. The Morgan fingerprint density at radius 3 is 2.73 bits per heavy atom. The van der Waals surface area contributed by atoms with Crippen molar-refractivity contribution in [2.24, 2.45) is 0 Å². The first kappa shape index (κ1) is 19.4. The number of aliphatic hydroxyl groups is 1. The normalized spacial score (nSPS) is 25.7. The van der Waals surface area contributed by atoms with E-state index in [1.165, 1.54) is 0 Å². The van der Waals surface area contributed by atoms with Crippen molar-refractivity contribution in [2.75, 3.05) is 44.3 Å². The molecule has 0 amide bonds. The molecular weight excluding hydrogens is 380 g/mol. The molecule has 30 heavy (non-hydrogen) atoms. The number of aromatic nitrogens is 4. The second-order valence-electron chi connectivity index (χ2n) is 8.12. The van der Waals surface area contributed by atoms with Gasteiger partial charge in [-0.2, -0.15) is 9.61 Å². The van der Waals surface area contributed by atoms with Crippen LogP contribution in [-0.4, -0.2) is 75.3 Å². The van der Waals surface area contributed by atoms with Gasteiger partial charge in [0.1, 0.15) is 11.9 Å². The largest absolute Gasteiger partial charge is 0.383 e. The fourth-order valence-electron chi connectivity index (χ4n) is 4.78. The number of benzene rings is 1. The van der Waals surface area contributed by atoms with E-state index in [9.17, 15) is 5.11 Å². The molecule has 0 radical (unpaired) electrons. The van der Waals surface area contributed by atoms with Gasteiger partial charge in [0, 0.05) is 26.2 Å². The highest BCUT2D eigenvalue weighted by Crippen LogP contribution is 2.38. The number of fused-ring (bicyclic) bond motifs is 1. The van der Waals surface area contributed by atoms with Crippen LogP contribution in [0.5, 0.6) is 0 Å². The first-order chi connectivity index (χ1) is 14.7. The van der Waals surface area contributed by atoms with Crippen LogP contribution in [0.2, 0.25) is 0 Å². The lowest BCUT2D eigenvalue weighted by molar-refractivity contribution is -0.0910. The third-order valence-electron chi connectivity index (χ3n) is 6.47. The summed E-state index contributed by atoms with van der Waals surface area (Å²) in [4.78, 5) is 4.72. The Kier molecular flexibility index (Phi) is 5.14. The molecule has 0 spiro atoms. The summed E-state index contributed by atoms with van der Waals surface area (Å²) in [5, 5.41) is 24.9. The quantitative estimate of drug-likeness (QED) is 0.701. The van der Waals surface area contributed by atoms with Crippen molar-refractivity contribution >= 4 is 11.3 Å². The average Bonchev–Trinajstić information content (AvgIpc) is 3.29. The van der Waals surface area contributed by atoms with Gasteiger partial charge in [-0.05, 0) is 24.5 Å². The molecule has 0 unspecified atom stereocenters. The van der Waals surface area contributed by atoms with Gasteiger partial charge in [-0.1, -0.05) is 37.3 Å². The van der Waals surface area contributed by atoms with E-state index in [0.717, 1.165) is 48.6 Å². The van der Waals surface area contributed by atoms with Crippen molar-refractivity contribution in [3.8, 4) is 0 Å². The van der Waals surface area contributed by atoms with Crippen molar-refractivity contribution in [2.45, 2.75) is 31.4 Å². The van der Waals surface area contributed by atoms with E-state index < -0.39 is 5.60 Å². The lowest BCUT2D eigenvalue weighted by Crippen LogP contribution is -2.62. The Morgan fingerprint density at radius 2 is 1.97 bits per heavy atom. The van der Waals surface area contributed by atoms with Gasteiger partial charge < -0.3 is 14.7 Å². The zero-order valence-corrected chi connectivity index (χ0v) is 17.3. The first-order valence-corrected chi connectivity index (χ1v) is 10.7. The van der Waals surface area contributed by atoms with Crippen molar-refractivity contribution in [3.05, 3.63) is 54.0 Å². The Labute approximate surface area is 176 Å². The van der Waals surface area contributed by atoms with Gasteiger partial charge in [0.2, 0.25) is 5.65 Å². The maximum absolute atomic E-state index is 11.9. The molecule has 1 N–H and O–H groups in total. The summed E-state index contributed by atoms with van der Waals surface area (Å²) in [5.74, 6) is 0. The molecule has 2 aliphatic rings. The van der Waals surface area contributed by atoms with E-state index in [1.54, 1.807) is 10.8 Å². The molecular formula is C22H28N6O2. The second-order valence-corrected chi connectivity index (χ2v) is 8.12. The summed E-state index contributed by atoms with van der Waals surface area (Å²) in [5.41, 5.74) is 2.88. The van der Waals surface area contributed by atoms with Crippen molar-refractivity contribution in [1.82, 2.24) is 24.7 Å². The minimum absolute atomic E-state index is 0.0428. The highest BCUT2D eigenvalue weighted by molar-refractivity contribution is 5.68. The lowest BCUT2D eigenvalue weighted by atomic mass is 9.79. The van der Waals surface area contributed by atoms with Crippen LogP contribution >= 0.6 is 0 Å². The Hall–Kier alpha value is -2.55. The van der Waals surface area contributed by atoms with Gasteiger partial charge in [-0.3, -0.25) is 4.90 Å². The molecule has 3 aromatic rings. The zero-order chi connectivity index (χ0) is 20.6. The van der Waals surface area contributed by atoms with Gasteiger partial charge in [-0.25, -0.2) is 0 Å². The minimum Gasteiger partial charge on any atom is -0.383 e. The number of morpholine rings is 1. The van der Waals surface area contributed by atoms with Crippen molar-refractivity contribution in [1.29, 1.82) is 0 Å². The molecule has 2 atom stereocenters.